The lowest BCUT2D eigenvalue weighted by atomic mass is 9.81. The lowest BCUT2D eigenvalue weighted by molar-refractivity contribution is -0.138. The number of rotatable bonds is 5. The fraction of sp³-hybridized carbons (Fsp3) is 0.667. The number of thioether (sulfide) groups is 1. The fourth-order valence-electron chi connectivity index (χ4n) is 5.26. The maximum atomic E-state index is 12.7. The highest BCUT2D eigenvalue weighted by molar-refractivity contribution is 7.99. The summed E-state index contributed by atoms with van der Waals surface area (Å²) in [5.74, 6) is 0.0578. The number of hydrogen-bond acceptors (Lipinski definition) is 6. The Balaban J connectivity index is 1.39. The Kier molecular flexibility index (Phi) is 5.05. The third-order valence-electron chi connectivity index (χ3n) is 6.66. The van der Waals surface area contributed by atoms with Gasteiger partial charge in [-0.1, -0.05) is 31.5 Å². The Bertz CT molecular complexity index is 948. The zero-order chi connectivity index (χ0) is 20.0. The zero-order valence-corrected chi connectivity index (χ0v) is 17.7. The third-order valence-corrected chi connectivity index (χ3v) is 7.48. The number of fused-ring (bicyclic) bond motifs is 4. The quantitative estimate of drug-likeness (QED) is 0.552. The normalized spacial score (nSPS) is 24.2. The molecule has 1 saturated carbocycles. The first kappa shape index (κ1) is 19.0. The van der Waals surface area contributed by atoms with E-state index in [1.54, 1.807) is 0 Å². The van der Waals surface area contributed by atoms with Gasteiger partial charge in [-0.05, 0) is 44.9 Å². The lowest BCUT2D eigenvalue weighted by Gasteiger charge is -2.19. The van der Waals surface area contributed by atoms with Crippen molar-refractivity contribution in [2.24, 2.45) is 11.8 Å². The lowest BCUT2D eigenvalue weighted by Crippen LogP contribution is -2.30. The van der Waals surface area contributed by atoms with Gasteiger partial charge in [-0.2, -0.15) is 0 Å². The molecule has 2 amide bonds. The first-order valence-corrected chi connectivity index (χ1v) is 11.9. The van der Waals surface area contributed by atoms with Gasteiger partial charge >= 0.3 is 0 Å². The van der Waals surface area contributed by atoms with Crippen molar-refractivity contribution in [2.45, 2.75) is 76.4 Å². The molecule has 1 aliphatic heterocycles. The summed E-state index contributed by atoms with van der Waals surface area (Å²) >= 11 is 1.34. The summed E-state index contributed by atoms with van der Waals surface area (Å²) in [4.78, 5) is 31.6. The minimum Gasteiger partial charge on any atom is -0.328 e. The molecular weight excluding hydrogens is 386 g/mol. The predicted octanol–water partition coefficient (Wildman–Crippen LogP) is 3.34. The van der Waals surface area contributed by atoms with Crippen LogP contribution >= 0.6 is 11.8 Å². The Hall–Kier alpha value is -1.96. The van der Waals surface area contributed by atoms with Crippen LogP contribution in [0.2, 0.25) is 0 Å². The SMILES string of the molecule is CCCn1c2c(c3nnc(SCN4C(=O)C5CCCCC5C4=O)nc31)CCCC2. The van der Waals surface area contributed by atoms with Gasteiger partial charge in [-0.15, -0.1) is 10.2 Å². The van der Waals surface area contributed by atoms with E-state index in [0.29, 0.717) is 5.16 Å². The maximum absolute atomic E-state index is 12.7. The average Bonchev–Trinajstić information content (AvgIpc) is 3.19. The molecule has 29 heavy (non-hydrogen) atoms. The van der Waals surface area contributed by atoms with E-state index in [0.717, 1.165) is 62.7 Å². The van der Waals surface area contributed by atoms with Gasteiger partial charge in [0.15, 0.2) is 5.65 Å². The molecule has 2 aromatic rings. The van der Waals surface area contributed by atoms with Crippen LogP contribution in [0, 0.1) is 11.8 Å². The van der Waals surface area contributed by atoms with Crippen molar-refractivity contribution in [3.8, 4) is 0 Å². The summed E-state index contributed by atoms with van der Waals surface area (Å²) in [6, 6.07) is 0. The maximum Gasteiger partial charge on any atom is 0.233 e. The molecule has 0 aromatic carbocycles. The minimum absolute atomic E-state index is 0.00828. The van der Waals surface area contributed by atoms with Crippen LogP contribution in [-0.2, 0) is 29.0 Å². The van der Waals surface area contributed by atoms with Crippen molar-refractivity contribution >= 4 is 34.7 Å². The fourth-order valence-corrected chi connectivity index (χ4v) is 6.01. The van der Waals surface area contributed by atoms with Gasteiger partial charge in [-0.25, -0.2) is 4.98 Å². The average molecular weight is 414 g/mol. The van der Waals surface area contributed by atoms with Crippen molar-refractivity contribution < 1.29 is 9.59 Å². The second kappa shape index (κ2) is 7.70. The Labute approximate surface area is 174 Å². The standard InChI is InChI=1S/C21H27N5O2S/c1-2-11-25-16-10-6-5-9-15(16)17-18(25)22-21(24-23-17)29-12-26-19(27)13-7-3-4-8-14(13)20(26)28/h13-14H,2-12H2,1H3. The third kappa shape index (κ3) is 3.16. The van der Waals surface area contributed by atoms with Gasteiger partial charge < -0.3 is 4.57 Å². The molecule has 2 fully saturated rings. The molecule has 3 aliphatic rings. The molecule has 7 nitrogen and oxygen atoms in total. The summed E-state index contributed by atoms with van der Waals surface area (Å²) in [6.45, 7) is 3.11. The molecule has 5 rings (SSSR count). The number of imide groups is 1. The molecule has 154 valence electrons. The molecule has 0 spiro atoms. The summed E-state index contributed by atoms with van der Waals surface area (Å²) < 4.78 is 2.31. The van der Waals surface area contributed by atoms with E-state index in [2.05, 4.69) is 21.7 Å². The second-order valence-electron chi connectivity index (χ2n) is 8.43. The number of aryl methyl sites for hydroxylation is 2. The number of aromatic nitrogens is 4. The molecule has 0 N–H and O–H groups in total. The van der Waals surface area contributed by atoms with E-state index in [-0.39, 0.29) is 29.5 Å². The van der Waals surface area contributed by atoms with Crippen LogP contribution in [0.25, 0.3) is 11.2 Å². The summed E-state index contributed by atoms with van der Waals surface area (Å²) in [5, 5.41) is 9.38. The van der Waals surface area contributed by atoms with Gasteiger partial charge in [0.2, 0.25) is 17.0 Å². The van der Waals surface area contributed by atoms with E-state index < -0.39 is 0 Å². The number of nitrogens with zero attached hydrogens (tertiary/aromatic N) is 5. The minimum atomic E-state index is -0.105. The van der Waals surface area contributed by atoms with Crippen LogP contribution in [0.4, 0.5) is 0 Å². The van der Waals surface area contributed by atoms with Crippen molar-refractivity contribution in [1.29, 1.82) is 0 Å². The van der Waals surface area contributed by atoms with Crippen molar-refractivity contribution in [3.05, 3.63) is 11.3 Å². The van der Waals surface area contributed by atoms with E-state index in [9.17, 15) is 9.59 Å². The van der Waals surface area contributed by atoms with Crippen LogP contribution in [0.1, 0.15) is 63.1 Å². The van der Waals surface area contributed by atoms with Gasteiger partial charge in [0, 0.05) is 17.8 Å². The van der Waals surface area contributed by atoms with Crippen LogP contribution < -0.4 is 0 Å². The monoisotopic (exact) mass is 413 g/mol. The zero-order valence-electron chi connectivity index (χ0n) is 16.9. The number of likely N-dealkylation sites (tertiary alicyclic amines) is 1. The van der Waals surface area contributed by atoms with Crippen molar-refractivity contribution in [1.82, 2.24) is 24.6 Å². The molecule has 8 heteroatoms. The number of hydrogen-bond donors (Lipinski definition) is 0. The molecule has 2 aliphatic carbocycles. The number of carbonyl (C=O) groups is 2. The van der Waals surface area contributed by atoms with Gasteiger partial charge in [-0.3, -0.25) is 14.5 Å². The summed E-state index contributed by atoms with van der Waals surface area (Å²) in [5.41, 5.74) is 4.51. The van der Waals surface area contributed by atoms with E-state index in [1.165, 1.54) is 40.8 Å². The van der Waals surface area contributed by atoms with E-state index in [4.69, 9.17) is 4.98 Å². The van der Waals surface area contributed by atoms with Crippen molar-refractivity contribution in [2.75, 3.05) is 5.88 Å². The van der Waals surface area contributed by atoms with Crippen LogP contribution in [-0.4, -0.2) is 42.3 Å². The van der Waals surface area contributed by atoms with Gasteiger partial charge in [0.05, 0.1) is 17.7 Å². The molecule has 2 atom stereocenters. The first-order chi connectivity index (χ1) is 14.2. The van der Waals surface area contributed by atoms with E-state index >= 15 is 0 Å². The number of amides is 2. The van der Waals surface area contributed by atoms with Crippen LogP contribution in [0.5, 0.6) is 0 Å². The summed E-state index contributed by atoms with van der Waals surface area (Å²) in [7, 11) is 0. The first-order valence-electron chi connectivity index (χ1n) is 10.9. The largest absolute Gasteiger partial charge is 0.328 e. The van der Waals surface area contributed by atoms with Crippen molar-refractivity contribution in [3.63, 3.8) is 0 Å². The highest BCUT2D eigenvalue weighted by Crippen LogP contribution is 2.39. The highest BCUT2D eigenvalue weighted by atomic mass is 32.2. The highest BCUT2D eigenvalue weighted by Gasteiger charge is 2.48. The predicted molar refractivity (Wildman–Crippen MR) is 110 cm³/mol. The Morgan fingerprint density at radius 3 is 2.45 bits per heavy atom. The Morgan fingerprint density at radius 1 is 1.00 bits per heavy atom. The summed E-state index contributed by atoms with van der Waals surface area (Å²) in [6.07, 6.45) is 9.35. The van der Waals surface area contributed by atoms with E-state index in [1.807, 2.05) is 0 Å². The molecule has 0 radical (unpaired) electrons. The van der Waals surface area contributed by atoms with Crippen LogP contribution in [0.3, 0.4) is 0 Å². The van der Waals surface area contributed by atoms with Gasteiger partial charge in [0.25, 0.3) is 0 Å². The molecule has 0 bridgehead atoms. The molecule has 1 saturated heterocycles. The molecule has 2 unspecified atom stereocenters. The Morgan fingerprint density at radius 2 is 1.72 bits per heavy atom. The van der Waals surface area contributed by atoms with Gasteiger partial charge in [0.1, 0.15) is 5.52 Å². The van der Waals surface area contributed by atoms with Crippen LogP contribution in [0.15, 0.2) is 5.16 Å². The number of carbonyl (C=O) groups excluding carboxylic acids is 2. The molecular formula is C21H27N5O2S. The molecule has 3 heterocycles. The smallest absolute Gasteiger partial charge is 0.233 e. The second-order valence-corrected chi connectivity index (χ2v) is 9.34. The topological polar surface area (TPSA) is 81.0 Å². The molecule has 2 aromatic heterocycles.